The van der Waals surface area contributed by atoms with Crippen LogP contribution >= 0.6 is 11.6 Å². The molecule has 2 aromatic heterocycles. The highest BCUT2D eigenvalue weighted by Crippen LogP contribution is 2.43. The maximum Gasteiger partial charge on any atom is 0.415 e. The largest absolute Gasteiger partial charge is 0.443 e. The van der Waals surface area contributed by atoms with Crippen LogP contribution in [-0.4, -0.2) is 39.5 Å². The summed E-state index contributed by atoms with van der Waals surface area (Å²) in [7, 11) is 1.35. The van der Waals surface area contributed by atoms with Gasteiger partial charge in [0.05, 0.1) is 17.8 Å². The number of rotatable bonds is 3. The van der Waals surface area contributed by atoms with E-state index in [0.29, 0.717) is 0 Å². The predicted octanol–water partition coefficient (Wildman–Crippen LogP) is 5.36. The van der Waals surface area contributed by atoms with Gasteiger partial charge in [0.1, 0.15) is 28.2 Å². The van der Waals surface area contributed by atoms with E-state index in [1.165, 1.54) is 29.9 Å². The third-order valence-electron chi connectivity index (χ3n) is 5.70. The van der Waals surface area contributed by atoms with Gasteiger partial charge in [-0.3, -0.25) is 14.3 Å². The van der Waals surface area contributed by atoms with Crippen LogP contribution in [-0.2, 0) is 4.74 Å². The summed E-state index contributed by atoms with van der Waals surface area (Å²) in [5.41, 5.74) is -1.16. The van der Waals surface area contributed by atoms with Gasteiger partial charge < -0.3 is 4.74 Å². The lowest BCUT2D eigenvalue weighted by atomic mass is 9.81. The number of aromatic nitrogens is 3. The van der Waals surface area contributed by atoms with Crippen LogP contribution in [0.4, 0.5) is 23.8 Å². The fraction of sp³-hybridized carbons (Fsp3) is 0.522. The summed E-state index contributed by atoms with van der Waals surface area (Å²) in [4.78, 5) is 35.5. The molecule has 0 bridgehead atoms. The lowest BCUT2D eigenvalue weighted by Gasteiger charge is -2.31. The zero-order valence-corrected chi connectivity index (χ0v) is 20.4. The van der Waals surface area contributed by atoms with Gasteiger partial charge in [-0.05, 0) is 58.6 Å². The highest BCUT2D eigenvalue weighted by atomic mass is 35.5. The third-order valence-corrected chi connectivity index (χ3v) is 6.03. The topological polar surface area (TPSA) is 101 Å². The zero-order chi connectivity index (χ0) is 26.1. The minimum Gasteiger partial charge on any atom is -0.443 e. The second kappa shape index (κ2) is 9.85. The third kappa shape index (κ3) is 5.93. The van der Waals surface area contributed by atoms with Crippen LogP contribution < -0.4 is 10.5 Å². The Morgan fingerprint density at radius 3 is 2.34 bits per heavy atom. The molecule has 0 spiro atoms. The van der Waals surface area contributed by atoms with Crippen molar-refractivity contribution in [3.63, 3.8) is 0 Å². The molecule has 0 saturated heterocycles. The Bertz CT molecular complexity index is 1190. The first-order chi connectivity index (χ1) is 16.2. The number of halogens is 4. The Kier molecular flexibility index (Phi) is 7.45. The quantitative estimate of drug-likeness (QED) is 0.550. The van der Waals surface area contributed by atoms with E-state index in [9.17, 15) is 22.8 Å². The molecule has 1 saturated carbocycles. The van der Waals surface area contributed by atoms with Gasteiger partial charge in [0.2, 0.25) is 0 Å². The normalized spacial score (nSPS) is 18.6. The Morgan fingerprint density at radius 2 is 1.86 bits per heavy atom. The van der Waals surface area contributed by atoms with Crippen LogP contribution in [0.25, 0.3) is 5.69 Å². The first-order valence-corrected chi connectivity index (χ1v) is 11.3. The molecule has 1 amide bonds. The molecule has 2 heterocycles. The molecule has 35 heavy (non-hydrogen) atoms. The van der Waals surface area contributed by atoms with E-state index < -0.39 is 35.3 Å². The molecule has 12 heteroatoms. The van der Waals surface area contributed by atoms with E-state index in [1.54, 1.807) is 20.8 Å². The molecule has 1 fully saturated rings. The summed E-state index contributed by atoms with van der Waals surface area (Å²) in [6.45, 7) is 5.02. The number of hydrogen-bond acceptors (Lipinski definition) is 6. The summed E-state index contributed by atoms with van der Waals surface area (Å²) < 4.78 is 46.2. The molecule has 0 N–H and O–H groups in total. The molecule has 0 atom stereocenters. The average Bonchev–Trinajstić information content (AvgIpc) is 2.78. The Hall–Kier alpha value is -3.13. The highest BCUT2D eigenvalue weighted by molar-refractivity contribution is 6.33. The molecule has 8 nitrogen and oxygen atoms in total. The average molecular weight is 512 g/mol. The molecular formula is C23H25ClF3N5O3. The molecule has 1 aliphatic rings. The van der Waals surface area contributed by atoms with Gasteiger partial charge in [-0.25, -0.2) is 14.8 Å². The van der Waals surface area contributed by atoms with Crippen LogP contribution in [0.3, 0.4) is 0 Å². The number of nitriles is 1. The molecule has 188 valence electrons. The predicted molar refractivity (Wildman–Crippen MR) is 123 cm³/mol. The molecule has 0 radical (unpaired) electrons. The maximum absolute atomic E-state index is 13.4. The fourth-order valence-electron chi connectivity index (χ4n) is 3.93. The fourth-order valence-corrected chi connectivity index (χ4v) is 4.18. The number of anilines is 1. The molecule has 0 aromatic carbocycles. The summed E-state index contributed by atoms with van der Waals surface area (Å²) in [5.74, 6) is -1.92. The van der Waals surface area contributed by atoms with Crippen molar-refractivity contribution in [3.05, 3.63) is 45.2 Å². The van der Waals surface area contributed by atoms with Gasteiger partial charge in [-0.1, -0.05) is 11.6 Å². The minimum absolute atomic E-state index is 0.116. The van der Waals surface area contributed by atoms with E-state index in [2.05, 4.69) is 9.97 Å². The van der Waals surface area contributed by atoms with Crippen molar-refractivity contribution in [2.75, 3.05) is 11.9 Å². The van der Waals surface area contributed by atoms with Crippen molar-refractivity contribution >= 4 is 23.5 Å². The SMILES string of the molecule is CN(C(=O)OC(C)(C)C)c1nc(C2CCC(C(F)(F)F)CC2)n(-c2ccc(C#N)nc2)c(=O)c1Cl. The number of pyridine rings is 1. The number of alkyl halides is 3. The lowest BCUT2D eigenvalue weighted by Crippen LogP contribution is -2.37. The van der Waals surface area contributed by atoms with Gasteiger partial charge in [0.15, 0.2) is 5.82 Å². The van der Waals surface area contributed by atoms with E-state index >= 15 is 0 Å². The van der Waals surface area contributed by atoms with E-state index in [-0.39, 0.29) is 53.7 Å². The van der Waals surface area contributed by atoms with Gasteiger partial charge in [0, 0.05) is 13.0 Å². The van der Waals surface area contributed by atoms with Crippen molar-refractivity contribution in [2.24, 2.45) is 5.92 Å². The second-order valence-corrected chi connectivity index (χ2v) is 9.77. The van der Waals surface area contributed by atoms with Gasteiger partial charge >= 0.3 is 12.3 Å². The van der Waals surface area contributed by atoms with E-state index in [1.807, 2.05) is 6.07 Å². The van der Waals surface area contributed by atoms with Crippen LogP contribution in [0, 0.1) is 17.2 Å². The molecule has 0 unspecified atom stereocenters. The van der Waals surface area contributed by atoms with Crippen LogP contribution in [0.2, 0.25) is 5.02 Å². The molecular weight excluding hydrogens is 487 g/mol. The van der Waals surface area contributed by atoms with Crippen molar-refractivity contribution in [2.45, 2.75) is 64.1 Å². The zero-order valence-electron chi connectivity index (χ0n) is 19.7. The Morgan fingerprint density at radius 1 is 1.23 bits per heavy atom. The number of amides is 1. The molecule has 0 aliphatic heterocycles. The van der Waals surface area contributed by atoms with E-state index in [0.717, 1.165) is 4.90 Å². The number of hydrogen-bond donors (Lipinski definition) is 0. The van der Waals surface area contributed by atoms with Crippen LogP contribution in [0.5, 0.6) is 0 Å². The maximum atomic E-state index is 13.4. The van der Waals surface area contributed by atoms with Crippen molar-refractivity contribution in [1.82, 2.24) is 14.5 Å². The van der Waals surface area contributed by atoms with Crippen LogP contribution in [0.1, 0.15) is 63.9 Å². The van der Waals surface area contributed by atoms with Crippen molar-refractivity contribution in [3.8, 4) is 11.8 Å². The summed E-state index contributed by atoms with van der Waals surface area (Å²) >= 11 is 6.34. The van der Waals surface area contributed by atoms with Gasteiger partial charge in [0.25, 0.3) is 5.56 Å². The molecule has 1 aliphatic carbocycles. The summed E-state index contributed by atoms with van der Waals surface area (Å²) in [5, 5.41) is 8.66. The lowest BCUT2D eigenvalue weighted by molar-refractivity contribution is -0.182. The standard InChI is InChI=1S/C23H25ClF3N5O3/c1-22(2,3)35-21(34)31(4)19-17(24)20(33)32(16-10-9-15(11-28)29-12-16)18(30-19)13-5-7-14(8-6-13)23(25,26)27/h9-10,12-14H,5-8H2,1-4H3. The number of ether oxygens (including phenoxy) is 1. The molecule has 3 rings (SSSR count). The molecule has 2 aromatic rings. The Labute approximate surface area is 205 Å². The summed E-state index contributed by atoms with van der Waals surface area (Å²) in [6.07, 6.45) is -3.76. The Balaban J connectivity index is 2.11. The van der Waals surface area contributed by atoms with Crippen molar-refractivity contribution in [1.29, 1.82) is 5.26 Å². The second-order valence-electron chi connectivity index (χ2n) is 9.39. The van der Waals surface area contributed by atoms with Gasteiger partial charge in [-0.2, -0.15) is 18.4 Å². The highest BCUT2D eigenvalue weighted by Gasteiger charge is 2.42. The first-order valence-electron chi connectivity index (χ1n) is 11.0. The number of carbonyl (C=O) groups excluding carboxylic acids is 1. The smallest absolute Gasteiger partial charge is 0.415 e. The first kappa shape index (κ1) is 26.5. The summed E-state index contributed by atoms with van der Waals surface area (Å²) in [6, 6.07) is 4.76. The monoisotopic (exact) mass is 511 g/mol. The van der Waals surface area contributed by atoms with Crippen molar-refractivity contribution < 1.29 is 22.7 Å². The number of nitrogens with zero attached hydrogens (tertiary/aromatic N) is 5. The van der Waals surface area contributed by atoms with Crippen LogP contribution in [0.15, 0.2) is 23.1 Å². The van der Waals surface area contributed by atoms with Gasteiger partial charge in [-0.15, -0.1) is 0 Å². The number of carbonyl (C=O) groups is 1. The van der Waals surface area contributed by atoms with E-state index in [4.69, 9.17) is 21.6 Å². The minimum atomic E-state index is -4.29.